The quantitative estimate of drug-likeness (QED) is 0.105. The van der Waals surface area contributed by atoms with Crippen molar-refractivity contribution in [1.29, 1.82) is 0 Å². The number of hydrogen-bond donors (Lipinski definition) is 6. The number of fused-ring (bicyclic) bond motifs is 6. The van der Waals surface area contributed by atoms with Crippen molar-refractivity contribution in [3.63, 3.8) is 0 Å². The van der Waals surface area contributed by atoms with Gasteiger partial charge in [0.25, 0.3) is 0 Å². The van der Waals surface area contributed by atoms with Crippen molar-refractivity contribution in [1.82, 2.24) is 0 Å². The Morgan fingerprint density at radius 2 is 0.299 bits per heavy atom. The van der Waals surface area contributed by atoms with Gasteiger partial charge in [-0.2, -0.15) is 0 Å². The molecular formula is C60H42LaO6. The van der Waals surface area contributed by atoms with Gasteiger partial charge in [0.05, 0.1) is 0 Å². The van der Waals surface area contributed by atoms with Gasteiger partial charge in [-0.1, -0.05) is 182 Å². The van der Waals surface area contributed by atoms with Crippen molar-refractivity contribution in [2.45, 2.75) is 0 Å². The Kier molecular flexibility index (Phi) is 12.6. The second-order valence-corrected chi connectivity index (χ2v) is 16.1. The largest absolute Gasteiger partial charge is 0.507 e. The summed E-state index contributed by atoms with van der Waals surface area (Å²) in [6.45, 7) is 0. The topological polar surface area (TPSA) is 121 Å². The molecule has 0 amide bonds. The average molecular weight is 998 g/mol. The summed E-state index contributed by atoms with van der Waals surface area (Å²) in [6.07, 6.45) is 0. The molecule has 0 heterocycles. The average Bonchev–Trinajstić information content (AvgIpc) is 3.35. The van der Waals surface area contributed by atoms with E-state index >= 15 is 0 Å². The predicted octanol–water partition coefficient (Wildman–Crippen LogP) is 15.2. The molecule has 6 N–H and O–H groups in total. The van der Waals surface area contributed by atoms with Gasteiger partial charge in [0.15, 0.2) is 0 Å². The van der Waals surface area contributed by atoms with Crippen molar-refractivity contribution in [2.24, 2.45) is 0 Å². The van der Waals surface area contributed by atoms with E-state index in [9.17, 15) is 30.6 Å². The van der Waals surface area contributed by atoms with Gasteiger partial charge < -0.3 is 30.6 Å². The van der Waals surface area contributed by atoms with Gasteiger partial charge >= 0.3 is 0 Å². The summed E-state index contributed by atoms with van der Waals surface area (Å²) in [5, 5.41) is 74.3. The van der Waals surface area contributed by atoms with Gasteiger partial charge in [-0.05, 0) is 101 Å². The minimum atomic E-state index is 0. The first-order valence-corrected chi connectivity index (χ1v) is 21.5. The van der Waals surface area contributed by atoms with E-state index in [1.807, 2.05) is 182 Å². The van der Waals surface area contributed by atoms with E-state index < -0.39 is 0 Å². The summed E-state index contributed by atoms with van der Waals surface area (Å²) in [7, 11) is 0. The normalized spacial score (nSPS) is 10.9. The molecule has 1 radical (unpaired) electrons. The third kappa shape index (κ3) is 8.37. The number of benzene rings is 12. The van der Waals surface area contributed by atoms with Crippen LogP contribution in [-0.4, -0.2) is 30.6 Å². The first kappa shape index (κ1) is 44.4. The molecule has 0 fully saturated rings. The maximum atomic E-state index is 10.4. The Labute approximate surface area is 414 Å². The molecule has 0 aliphatic heterocycles. The van der Waals surface area contributed by atoms with Crippen molar-refractivity contribution in [3.05, 3.63) is 218 Å². The molecule has 12 rings (SSSR count). The van der Waals surface area contributed by atoms with Gasteiger partial charge in [-0.3, -0.25) is 0 Å². The molecule has 0 unspecified atom stereocenters. The second-order valence-electron chi connectivity index (χ2n) is 16.1. The molecule has 0 bridgehead atoms. The fourth-order valence-electron chi connectivity index (χ4n) is 9.14. The van der Waals surface area contributed by atoms with Crippen LogP contribution in [0.1, 0.15) is 0 Å². The summed E-state index contributed by atoms with van der Waals surface area (Å²) in [4.78, 5) is 0. The summed E-state index contributed by atoms with van der Waals surface area (Å²) < 4.78 is 0. The molecule has 0 atom stereocenters. The fraction of sp³-hybridized carbons (Fsp3) is 0. The number of rotatable bonds is 3. The van der Waals surface area contributed by atoms with Crippen LogP contribution in [0, 0.1) is 35.6 Å². The molecule has 12 aromatic carbocycles. The zero-order chi connectivity index (χ0) is 45.3. The van der Waals surface area contributed by atoms with Crippen molar-refractivity contribution in [3.8, 4) is 67.9 Å². The van der Waals surface area contributed by atoms with Crippen molar-refractivity contribution in [2.75, 3.05) is 0 Å². The second kappa shape index (κ2) is 19.0. The first-order valence-electron chi connectivity index (χ1n) is 21.5. The van der Waals surface area contributed by atoms with Crippen LogP contribution in [0.15, 0.2) is 218 Å². The third-order valence-corrected chi connectivity index (χ3v) is 12.2. The molecule has 0 aliphatic carbocycles. The van der Waals surface area contributed by atoms with Crippen LogP contribution in [0.25, 0.3) is 98.0 Å². The maximum Gasteiger partial charge on any atom is 0.124 e. The number of hydrogen-bond acceptors (Lipinski definition) is 6. The maximum absolute atomic E-state index is 10.4. The standard InChI is InChI=1S/3C20H14O2.La/c3*21-17-11-9-13-5-1-3-7-15(13)19(17)20-16-8-4-2-6-14(16)10-12-18(20)22;/h3*1-12,21-22H;. The Hall–Kier alpha value is -7.81. The van der Waals surface area contributed by atoms with Gasteiger partial charge in [0.1, 0.15) is 34.5 Å². The summed E-state index contributed by atoms with van der Waals surface area (Å²) >= 11 is 0. The molecular weight excluding hydrogens is 956 g/mol. The third-order valence-electron chi connectivity index (χ3n) is 12.2. The van der Waals surface area contributed by atoms with Crippen molar-refractivity contribution >= 4 is 64.6 Å². The minimum Gasteiger partial charge on any atom is -0.507 e. The van der Waals surface area contributed by atoms with E-state index in [0.717, 1.165) is 64.6 Å². The molecule has 7 heteroatoms. The van der Waals surface area contributed by atoms with Gasteiger partial charge in [-0.15, -0.1) is 0 Å². The van der Waals surface area contributed by atoms with Crippen molar-refractivity contribution < 1.29 is 66.2 Å². The SMILES string of the molecule is Oc1ccc2ccccc2c1-c1c(O)ccc2ccccc12.Oc1ccc2ccccc2c1-c1c(O)ccc2ccccc12.Oc1ccc2ccccc2c1-c1c(O)ccc2ccccc12.[La]. The Morgan fingerprint density at radius 3 is 0.448 bits per heavy atom. The molecule has 6 nitrogen and oxygen atoms in total. The van der Waals surface area contributed by atoms with Crippen LogP contribution in [0.3, 0.4) is 0 Å². The Balaban J connectivity index is 0.000000125. The van der Waals surface area contributed by atoms with Crippen LogP contribution in [0.2, 0.25) is 0 Å². The Morgan fingerprint density at radius 1 is 0.164 bits per heavy atom. The van der Waals surface area contributed by atoms with E-state index in [1.54, 1.807) is 36.4 Å². The van der Waals surface area contributed by atoms with Crippen LogP contribution in [0.5, 0.6) is 34.5 Å². The summed E-state index contributed by atoms with van der Waals surface area (Å²) in [6, 6.07) is 68.6. The van der Waals surface area contributed by atoms with Gasteiger partial charge in [0.2, 0.25) is 0 Å². The summed E-state index contributed by atoms with van der Waals surface area (Å²) in [5.41, 5.74) is 4.04. The van der Waals surface area contributed by atoms with E-state index in [2.05, 4.69) is 0 Å². The molecule has 0 aliphatic rings. The van der Waals surface area contributed by atoms with Crippen LogP contribution >= 0.6 is 0 Å². The Bertz CT molecular complexity index is 3160. The smallest absolute Gasteiger partial charge is 0.124 e. The van der Waals surface area contributed by atoms with E-state index in [0.29, 0.717) is 33.4 Å². The molecule has 321 valence electrons. The number of phenols is 6. The monoisotopic (exact) mass is 997 g/mol. The first-order chi connectivity index (χ1) is 32.3. The van der Waals surface area contributed by atoms with E-state index in [1.165, 1.54) is 0 Å². The fourth-order valence-corrected chi connectivity index (χ4v) is 9.14. The molecule has 12 aromatic rings. The minimum absolute atomic E-state index is 0. The molecule has 0 saturated carbocycles. The van der Waals surface area contributed by atoms with Crippen LogP contribution < -0.4 is 0 Å². The van der Waals surface area contributed by atoms with E-state index in [-0.39, 0.29) is 70.1 Å². The van der Waals surface area contributed by atoms with Crippen LogP contribution in [0.4, 0.5) is 0 Å². The predicted molar refractivity (Wildman–Crippen MR) is 271 cm³/mol. The molecule has 0 spiro atoms. The summed E-state index contributed by atoms with van der Waals surface area (Å²) in [5.74, 6) is 1.03. The zero-order valence-electron chi connectivity index (χ0n) is 36.0. The molecule has 0 saturated heterocycles. The van der Waals surface area contributed by atoms with Gasteiger partial charge in [-0.25, -0.2) is 0 Å². The molecule has 67 heavy (non-hydrogen) atoms. The zero-order valence-corrected chi connectivity index (χ0v) is 39.7. The molecule has 0 aromatic heterocycles. The van der Waals surface area contributed by atoms with Gasteiger partial charge in [0, 0.05) is 69.0 Å². The number of phenolic OH excluding ortho intramolecular Hbond substituents is 6. The van der Waals surface area contributed by atoms with E-state index in [4.69, 9.17) is 0 Å². The van der Waals surface area contributed by atoms with Crippen LogP contribution in [-0.2, 0) is 0 Å². The number of aromatic hydroxyl groups is 6.